The first-order valence-corrected chi connectivity index (χ1v) is 7.00. The first kappa shape index (κ1) is 13.5. The Balaban J connectivity index is 1.70. The lowest BCUT2D eigenvalue weighted by atomic mass is 10.2. The van der Waals surface area contributed by atoms with Crippen molar-refractivity contribution in [3.63, 3.8) is 0 Å². The number of carbonyl (C=O) groups is 1. The van der Waals surface area contributed by atoms with Crippen molar-refractivity contribution in [2.75, 3.05) is 18.4 Å². The van der Waals surface area contributed by atoms with Crippen LogP contribution in [0.15, 0.2) is 42.6 Å². The normalized spacial score (nSPS) is 14.2. The maximum Gasteiger partial charge on any atom is 0.272 e. The zero-order chi connectivity index (χ0) is 14.7. The fourth-order valence-electron chi connectivity index (χ4n) is 2.41. The molecule has 1 aliphatic rings. The van der Waals surface area contributed by atoms with Gasteiger partial charge in [-0.3, -0.25) is 4.79 Å². The van der Waals surface area contributed by atoms with Crippen molar-refractivity contribution < 1.29 is 9.18 Å². The number of amides is 1. The first-order valence-electron chi connectivity index (χ1n) is 7.00. The second-order valence-electron chi connectivity index (χ2n) is 5.07. The number of hydrogen-bond donors (Lipinski definition) is 1. The molecular formula is C16H16FN3O. The van der Waals surface area contributed by atoms with Crippen molar-refractivity contribution in [1.29, 1.82) is 0 Å². The van der Waals surface area contributed by atoms with E-state index in [1.165, 1.54) is 12.1 Å². The molecule has 1 amide bonds. The Morgan fingerprint density at radius 1 is 1.14 bits per heavy atom. The number of likely N-dealkylation sites (tertiary alicyclic amines) is 1. The van der Waals surface area contributed by atoms with Gasteiger partial charge in [0.2, 0.25) is 0 Å². The van der Waals surface area contributed by atoms with Crippen molar-refractivity contribution >= 4 is 17.3 Å². The molecule has 1 N–H and O–H groups in total. The van der Waals surface area contributed by atoms with Gasteiger partial charge in [0.25, 0.3) is 5.91 Å². The Kier molecular flexibility index (Phi) is 3.81. The van der Waals surface area contributed by atoms with E-state index < -0.39 is 0 Å². The molecule has 1 fully saturated rings. The van der Waals surface area contributed by atoms with Crippen LogP contribution in [0.25, 0.3) is 0 Å². The van der Waals surface area contributed by atoms with Gasteiger partial charge in [-0.2, -0.15) is 0 Å². The Morgan fingerprint density at radius 2 is 1.95 bits per heavy atom. The molecule has 21 heavy (non-hydrogen) atoms. The summed E-state index contributed by atoms with van der Waals surface area (Å²) in [6, 6.07) is 9.68. The highest BCUT2D eigenvalue weighted by atomic mass is 19.1. The fourth-order valence-corrected chi connectivity index (χ4v) is 2.41. The lowest BCUT2D eigenvalue weighted by Crippen LogP contribution is -2.28. The van der Waals surface area contributed by atoms with E-state index in [9.17, 15) is 9.18 Å². The highest BCUT2D eigenvalue weighted by molar-refractivity contribution is 5.92. The Hall–Kier alpha value is -2.43. The predicted molar refractivity (Wildman–Crippen MR) is 79.1 cm³/mol. The molecule has 0 bridgehead atoms. The molecule has 1 aromatic carbocycles. The van der Waals surface area contributed by atoms with E-state index in [0.29, 0.717) is 11.4 Å². The topological polar surface area (TPSA) is 45.2 Å². The molecule has 4 nitrogen and oxygen atoms in total. The van der Waals surface area contributed by atoms with Crippen molar-refractivity contribution in [3.05, 3.63) is 54.1 Å². The molecule has 108 valence electrons. The van der Waals surface area contributed by atoms with Crippen LogP contribution in [0.5, 0.6) is 0 Å². The number of hydrogen-bond acceptors (Lipinski definition) is 3. The summed E-state index contributed by atoms with van der Waals surface area (Å²) in [5.41, 5.74) is 1.82. The summed E-state index contributed by atoms with van der Waals surface area (Å²) >= 11 is 0. The maximum atomic E-state index is 13.1. The third-order valence-corrected chi connectivity index (χ3v) is 3.49. The minimum atomic E-state index is -0.297. The monoisotopic (exact) mass is 285 g/mol. The summed E-state index contributed by atoms with van der Waals surface area (Å²) < 4.78 is 13.1. The number of rotatable bonds is 3. The standard InChI is InChI=1S/C16H16FN3O/c17-12-4-3-5-13(10-12)19-14-6-7-15(18-11-14)16(21)20-8-1-2-9-20/h3-7,10-11,19H,1-2,8-9H2. The van der Waals surface area contributed by atoms with E-state index in [-0.39, 0.29) is 11.7 Å². The molecule has 0 unspecified atom stereocenters. The summed E-state index contributed by atoms with van der Waals surface area (Å²) in [6.07, 6.45) is 3.71. The smallest absolute Gasteiger partial charge is 0.272 e. The van der Waals surface area contributed by atoms with E-state index >= 15 is 0 Å². The van der Waals surface area contributed by atoms with Gasteiger partial charge in [0, 0.05) is 18.8 Å². The molecule has 2 aromatic rings. The van der Waals surface area contributed by atoms with Crippen LogP contribution in [0.4, 0.5) is 15.8 Å². The van der Waals surface area contributed by atoms with Gasteiger partial charge in [-0.25, -0.2) is 9.37 Å². The van der Waals surface area contributed by atoms with Crippen molar-refractivity contribution in [1.82, 2.24) is 9.88 Å². The number of benzene rings is 1. The Morgan fingerprint density at radius 3 is 2.62 bits per heavy atom. The number of nitrogens with one attached hydrogen (secondary N) is 1. The SMILES string of the molecule is O=C(c1ccc(Nc2cccc(F)c2)cn1)N1CCCC1. The molecule has 1 aromatic heterocycles. The molecule has 0 radical (unpaired) electrons. The van der Waals surface area contributed by atoms with Crippen LogP contribution in [-0.2, 0) is 0 Å². The molecule has 2 heterocycles. The molecule has 1 saturated heterocycles. The molecule has 0 aliphatic carbocycles. The largest absolute Gasteiger partial charge is 0.354 e. The van der Waals surface area contributed by atoms with Gasteiger partial charge in [0.05, 0.1) is 11.9 Å². The van der Waals surface area contributed by atoms with Crippen LogP contribution in [-0.4, -0.2) is 28.9 Å². The number of aromatic nitrogens is 1. The quantitative estimate of drug-likeness (QED) is 0.942. The third kappa shape index (κ3) is 3.18. The maximum absolute atomic E-state index is 13.1. The number of halogens is 1. The van der Waals surface area contributed by atoms with Gasteiger partial charge in [-0.15, -0.1) is 0 Å². The Labute approximate surface area is 122 Å². The van der Waals surface area contributed by atoms with Gasteiger partial charge < -0.3 is 10.2 Å². The zero-order valence-corrected chi connectivity index (χ0v) is 11.6. The third-order valence-electron chi connectivity index (χ3n) is 3.49. The fraction of sp³-hybridized carbons (Fsp3) is 0.250. The van der Waals surface area contributed by atoms with E-state index in [1.807, 2.05) is 4.90 Å². The van der Waals surface area contributed by atoms with E-state index in [2.05, 4.69) is 10.3 Å². The van der Waals surface area contributed by atoms with Crippen LogP contribution >= 0.6 is 0 Å². The van der Waals surface area contributed by atoms with Crippen LogP contribution in [0.3, 0.4) is 0 Å². The molecule has 5 heteroatoms. The summed E-state index contributed by atoms with van der Waals surface area (Å²) in [5.74, 6) is -0.321. The second kappa shape index (κ2) is 5.91. The molecule has 0 saturated carbocycles. The van der Waals surface area contributed by atoms with Crippen LogP contribution < -0.4 is 5.32 Å². The van der Waals surface area contributed by atoms with Gasteiger partial charge >= 0.3 is 0 Å². The molecule has 3 rings (SSSR count). The average Bonchev–Trinajstić information content (AvgIpc) is 3.01. The minimum absolute atomic E-state index is 0.0233. The van der Waals surface area contributed by atoms with Crippen molar-refractivity contribution in [2.45, 2.75) is 12.8 Å². The highest BCUT2D eigenvalue weighted by Gasteiger charge is 2.20. The average molecular weight is 285 g/mol. The van der Waals surface area contributed by atoms with Crippen molar-refractivity contribution in [2.24, 2.45) is 0 Å². The lowest BCUT2D eigenvalue weighted by molar-refractivity contribution is 0.0787. The zero-order valence-electron chi connectivity index (χ0n) is 11.6. The van der Waals surface area contributed by atoms with Crippen LogP contribution in [0.1, 0.15) is 23.3 Å². The second-order valence-corrected chi connectivity index (χ2v) is 5.07. The molecule has 0 atom stereocenters. The van der Waals surface area contributed by atoms with Gasteiger partial charge in [-0.1, -0.05) is 6.07 Å². The first-order chi connectivity index (χ1) is 10.2. The van der Waals surface area contributed by atoms with Gasteiger partial charge in [0.1, 0.15) is 11.5 Å². The summed E-state index contributed by atoms with van der Waals surface area (Å²) in [5, 5.41) is 3.05. The number of anilines is 2. The predicted octanol–water partition coefficient (Wildman–Crippen LogP) is 3.20. The minimum Gasteiger partial charge on any atom is -0.354 e. The number of pyridine rings is 1. The number of nitrogens with zero attached hydrogens (tertiary/aromatic N) is 2. The van der Waals surface area contributed by atoms with E-state index in [0.717, 1.165) is 31.6 Å². The van der Waals surface area contributed by atoms with Crippen LogP contribution in [0.2, 0.25) is 0 Å². The summed E-state index contributed by atoms with van der Waals surface area (Å²) in [4.78, 5) is 18.2. The van der Waals surface area contributed by atoms with E-state index in [4.69, 9.17) is 0 Å². The molecular weight excluding hydrogens is 269 g/mol. The number of carbonyl (C=O) groups excluding carboxylic acids is 1. The van der Waals surface area contributed by atoms with Crippen LogP contribution in [0, 0.1) is 5.82 Å². The summed E-state index contributed by atoms with van der Waals surface area (Å²) in [7, 11) is 0. The van der Waals surface area contributed by atoms with Gasteiger partial charge in [-0.05, 0) is 43.2 Å². The van der Waals surface area contributed by atoms with E-state index in [1.54, 1.807) is 30.5 Å². The molecule has 0 spiro atoms. The highest BCUT2D eigenvalue weighted by Crippen LogP contribution is 2.18. The Bertz CT molecular complexity index is 636. The lowest BCUT2D eigenvalue weighted by Gasteiger charge is -2.14. The van der Waals surface area contributed by atoms with Gasteiger partial charge in [0.15, 0.2) is 0 Å². The summed E-state index contributed by atoms with van der Waals surface area (Å²) in [6.45, 7) is 1.62. The molecule has 1 aliphatic heterocycles. The van der Waals surface area contributed by atoms with Crippen molar-refractivity contribution in [3.8, 4) is 0 Å².